The van der Waals surface area contributed by atoms with Crippen molar-refractivity contribution in [1.82, 2.24) is 0 Å². The Morgan fingerprint density at radius 1 is 0.867 bits per heavy atom. The summed E-state index contributed by atoms with van der Waals surface area (Å²) in [5.74, 6) is -0.724. The van der Waals surface area contributed by atoms with Crippen LogP contribution in [0.3, 0.4) is 0 Å². The van der Waals surface area contributed by atoms with Gasteiger partial charge in [0.05, 0.1) is 0 Å². The van der Waals surface area contributed by atoms with Gasteiger partial charge in [0.15, 0.2) is 5.78 Å². The molecule has 0 aliphatic carbocycles. The van der Waals surface area contributed by atoms with Gasteiger partial charge >= 0.3 is 0 Å². The fourth-order valence-electron chi connectivity index (χ4n) is 3.40. The number of carbonyl (C=O) groups excluding carboxylic acids is 2. The van der Waals surface area contributed by atoms with E-state index in [1.165, 1.54) is 17.8 Å². The summed E-state index contributed by atoms with van der Waals surface area (Å²) in [6.45, 7) is 1.92. The van der Waals surface area contributed by atoms with Crippen LogP contribution < -0.4 is 0 Å². The van der Waals surface area contributed by atoms with E-state index in [1.54, 1.807) is 18.2 Å². The van der Waals surface area contributed by atoms with Gasteiger partial charge < -0.3 is 0 Å². The van der Waals surface area contributed by atoms with Crippen molar-refractivity contribution in [2.24, 2.45) is 5.92 Å². The summed E-state index contributed by atoms with van der Waals surface area (Å²) in [6.07, 6.45) is 3.25. The van der Waals surface area contributed by atoms with Crippen molar-refractivity contribution in [1.29, 1.82) is 0 Å². The van der Waals surface area contributed by atoms with Crippen LogP contribution in [0.4, 0.5) is 0 Å². The Bertz CT molecular complexity index is 959. The standard InChI is InChI=1S/C26H23ClO2S/c1-2-30-26(29)25(23(28)18-15-19-13-16-22(27)17-14-19)24(20-9-5-3-6-10-20)21-11-7-4-8-12-21/h3-18,24-25H,2H2,1H3/b18-15+. The zero-order valence-corrected chi connectivity index (χ0v) is 18.3. The van der Waals surface area contributed by atoms with Gasteiger partial charge in [-0.05, 0) is 40.7 Å². The molecule has 3 aromatic carbocycles. The molecular formula is C26H23ClO2S. The Kier molecular flexibility index (Phi) is 8.06. The average molecular weight is 435 g/mol. The Morgan fingerprint density at radius 2 is 1.40 bits per heavy atom. The fourth-order valence-corrected chi connectivity index (χ4v) is 4.24. The molecule has 0 radical (unpaired) electrons. The summed E-state index contributed by atoms with van der Waals surface area (Å²) >= 11 is 7.14. The van der Waals surface area contributed by atoms with Crippen LogP contribution in [-0.4, -0.2) is 16.7 Å². The van der Waals surface area contributed by atoms with Crippen molar-refractivity contribution < 1.29 is 9.59 Å². The normalized spacial score (nSPS) is 12.2. The molecule has 1 atom stereocenters. The second-order valence-corrected chi connectivity index (χ2v) is 8.52. The highest BCUT2D eigenvalue weighted by molar-refractivity contribution is 8.13. The molecular weight excluding hydrogens is 412 g/mol. The van der Waals surface area contributed by atoms with E-state index in [4.69, 9.17) is 11.6 Å². The molecule has 0 bridgehead atoms. The second-order valence-electron chi connectivity index (χ2n) is 6.82. The van der Waals surface area contributed by atoms with Crippen LogP contribution >= 0.6 is 23.4 Å². The van der Waals surface area contributed by atoms with Crippen LogP contribution in [0.1, 0.15) is 29.5 Å². The third kappa shape index (κ3) is 5.71. The first kappa shape index (κ1) is 22.1. The number of allylic oxidation sites excluding steroid dienone is 1. The molecule has 0 heterocycles. The first-order valence-corrected chi connectivity index (χ1v) is 11.2. The van der Waals surface area contributed by atoms with E-state index >= 15 is 0 Å². The topological polar surface area (TPSA) is 34.1 Å². The molecule has 0 aliphatic heterocycles. The van der Waals surface area contributed by atoms with Gasteiger partial charge in [0.2, 0.25) is 5.12 Å². The molecule has 3 aromatic rings. The molecule has 0 N–H and O–H groups in total. The number of hydrogen-bond donors (Lipinski definition) is 0. The van der Waals surface area contributed by atoms with Gasteiger partial charge in [0.1, 0.15) is 5.92 Å². The van der Waals surface area contributed by atoms with Crippen molar-refractivity contribution in [3.05, 3.63) is 113 Å². The molecule has 152 valence electrons. The lowest BCUT2D eigenvalue weighted by Gasteiger charge is -2.25. The highest BCUT2D eigenvalue weighted by atomic mass is 35.5. The fraction of sp³-hybridized carbons (Fsp3) is 0.154. The summed E-state index contributed by atoms with van der Waals surface area (Å²) in [4.78, 5) is 26.5. The van der Waals surface area contributed by atoms with Gasteiger partial charge in [-0.25, -0.2) is 0 Å². The lowest BCUT2D eigenvalue weighted by Crippen LogP contribution is -2.28. The number of carbonyl (C=O) groups is 2. The summed E-state index contributed by atoms with van der Waals surface area (Å²) in [6, 6.07) is 26.8. The molecule has 30 heavy (non-hydrogen) atoms. The first-order valence-electron chi connectivity index (χ1n) is 9.84. The molecule has 0 saturated carbocycles. The molecule has 4 heteroatoms. The van der Waals surface area contributed by atoms with E-state index in [-0.39, 0.29) is 16.8 Å². The lowest BCUT2D eigenvalue weighted by atomic mass is 9.79. The number of thioether (sulfide) groups is 1. The quantitative estimate of drug-likeness (QED) is 0.294. The van der Waals surface area contributed by atoms with Crippen LogP contribution in [-0.2, 0) is 9.59 Å². The van der Waals surface area contributed by atoms with Crippen molar-refractivity contribution in [2.45, 2.75) is 12.8 Å². The Balaban J connectivity index is 2.02. The second kappa shape index (κ2) is 11.0. The van der Waals surface area contributed by atoms with E-state index in [0.717, 1.165) is 16.7 Å². The van der Waals surface area contributed by atoms with E-state index in [9.17, 15) is 9.59 Å². The zero-order chi connectivity index (χ0) is 21.3. The number of halogens is 1. The highest BCUT2D eigenvalue weighted by Gasteiger charge is 2.35. The minimum atomic E-state index is -0.802. The zero-order valence-electron chi connectivity index (χ0n) is 16.7. The van der Waals surface area contributed by atoms with Crippen molar-refractivity contribution >= 4 is 40.3 Å². The first-order chi connectivity index (χ1) is 14.6. The molecule has 0 amide bonds. The number of ketones is 1. The minimum Gasteiger partial charge on any atom is -0.294 e. The molecule has 0 aromatic heterocycles. The summed E-state index contributed by atoms with van der Waals surface area (Å²) < 4.78 is 0. The predicted octanol–water partition coefficient (Wildman–Crippen LogP) is 6.65. The van der Waals surface area contributed by atoms with Crippen LogP contribution in [0, 0.1) is 5.92 Å². The van der Waals surface area contributed by atoms with E-state index in [2.05, 4.69) is 0 Å². The summed E-state index contributed by atoms with van der Waals surface area (Å²) in [5, 5.41) is 0.528. The highest BCUT2D eigenvalue weighted by Crippen LogP contribution is 2.36. The predicted molar refractivity (Wildman–Crippen MR) is 127 cm³/mol. The molecule has 2 nitrogen and oxygen atoms in total. The Morgan fingerprint density at radius 3 is 1.90 bits per heavy atom. The van der Waals surface area contributed by atoms with E-state index in [1.807, 2.05) is 79.7 Å². The Hall–Kier alpha value is -2.62. The largest absolute Gasteiger partial charge is 0.294 e. The molecule has 0 saturated heterocycles. The van der Waals surface area contributed by atoms with Crippen LogP contribution in [0.25, 0.3) is 6.08 Å². The number of benzene rings is 3. The van der Waals surface area contributed by atoms with Crippen LogP contribution in [0.2, 0.25) is 5.02 Å². The van der Waals surface area contributed by atoms with Crippen molar-refractivity contribution in [3.8, 4) is 0 Å². The number of rotatable bonds is 8. The van der Waals surface area contributed by atoms with E-state index in [0.29, 0.717) is 10.8 Å². The molecule has 1 unspecified atom stereocenters. The monoisotopic (exact) mass is 434 g/mol. The smallest absolute Gasteiger partial charge is 0.200 e. The Labute approximate surface area is 187 Å². The van der Waals surface area contributed by atoms with Gasteiger partial charge in [-0.3, -0.25) is 9.59 Å². The maximum absolute atomic E-state index is 13.3. The number of hydrogen-bond acceptors (Lipinski definition) is 3. The third-order valence-electron chi connectivity index (χ3n) is 4.81. The molecule has 0 fully saturated rings. The molecule has 0 aliphatic rings. The maximum atomic E-state index is 13.3. The molecule has 0 spiro atoms. The summed E-state index contributed by atoms with van der Waals surface area (Å²) in [7, 11) is 0. The van der Waals surface area contributed by atoms with Crippen LogP contribution in [0.15, 0.2) is 91.0 Å². The van der Waals surface area contributed by atoms with Crippen molar-refractivity contribution in [3.63, 3.8) is 0 Å². The lowest BCUT2D eigenvalue weighted by molar-refractivity contribution is -0.125. The molecule has 3 rings (SSSR count). The van der Waals surface area contributed by atoms with Gasteiger partial charge in [-0.1, -0.05) is 109 Å². The van der Waals surface area contributed by atoms with E-state index < -0.39 is 5.92 Å². The maximum Gasteiger partial charge on any atom is 0.200 e. The van der Waals surface area contributed by atoms with Gasteiger partial charge in [-0.2, -0.15) is 0 Å². The third-order valence-corrected chi connectivity index (χ3v) is 5.89. The van der Waals surface area contributed by atoms with Gasteiger partial charge in [-0.15, -0.1) is 0 Å². The SMILES string of the molecule is CCSC(=O)C(C(=O)/C=C/c1ccc(Cl)cc1)C(c1ccccc1)c1ccccc1. The summed E-state index contributed by atoms with van der Waals surface area (Å²) in [5.41, 5.74) is 2.76. The average Bonchev–Trinajstić information content (AvgIpc) is 2.78. The minimum absolute atomic E-state index is 0.110. The van der Waals surface area contributed by atoms with Gasteiger partial charge in [0, 0.05) is 10.9 Å². The van der Waals surface area contributed by atoms with Crippen LogP contribution in [0.5, 0.6) is 0 Å². The van der Waals surface area contributed by atoms with Crippen molar-refractivity contribution in [2.75, 3.05) is 5.75 Å². The van der Waals surface area contributed by atoms with Gasteiger partial charge in [0.25, 0.3) is 0 Å².